The molecule has 4 rings (SSSR count). The number of carboxylic acid groups (broad SMARTS) is 1. The van der Waals surface area contributed by atoms with Crippen molar-refractivity contribution in [3.05, 3.63) is 95.8 Å². The smallest absolute Gasteiger partial charge is 0.336 e. The number of carbonyl (C=O) groups is 2. The van der Waals surface area contributed by atoms with Crippen LogP contribution in [0.1, 0.15) is 20.7 Å². The van der Waals surface area contributed by atoms with E-state index in [0.29, 0.717) is 22.2 Å². The second-order valence-electron chi connectivity index (χ2n) is 6.74. The van der Waals surface area contributed by atoms with Gasteiger partial charge in [0.1, 0.15) is 11.6 Å². The predicted molar refractivity (Wildman–Crippen MR) is 112 cm³/mol. The van der Waals surface area contributed by atoms with E-state index in [0.717, 1.165) is 5.39 Å². The highest BCUT2D eigenvalue weighted by molar-refractivity contribution is 6.12. The third-order valence-electron chi connectivity index (χ3n) is 4.79. The van der Waals surface area contributed by atoms with Gasteiger partial charge in [0.2, 0.25) is 0 Å². The number of rotatable bonds is 4. The van der Waals surface area contributed by atoms with Gasteiger partial charge in [0.05, 0.1) is 11.1 Å². The molecule has 1 amide bonds. The summed E-state index contributed by atoms with van der Waals surface area (Å²) in [5, 5.41) is 23.5. The Bertz CT molecular complexity index is 1280. The standard InChI is InChI=1S/C24H16FNO4/c25-17-7-4-14(5-8-17)15-6-10-20(24(29)30)21(13-15)23(28)26-18-9-11-19-16(12-18)2-1-3-22(19)27/h1-13,27H,(H,26,28)(H,29,30). The van der Waals surface area contributed by atoms with Gasteiger partial charge in [-0.05, 0) is 65.0 Å². The lowest BCUT2D eigenvalue weighted by atomic mass is 9.98. The molecule has 0 radical (unpaired) electrons. The van der Waals surface area contributed by atoms with Crippen LogP contribution < -0.4 is 5.32 Å². The van der Waals surface area contributed by atoms with Gasteiger partial charge in [0.15, 0.2) is 0 Å². The molecule has 0 aliphatic carbocycles. The van der Waals surface area contributed by atoms with Gasteiger partial charge in [0.25, 0.3) is 5.91 Å². The number of aromatic carboxylic acids is 1. The summed E-state index contributed by atoms with van der Waals surface area (Å²) < 4.78 is 13.2. The van der Waals surface area contributed by atoms with Crippen molar-refractivity contribution in [2.75, 3.05) is 5.32 Å². The van der Waals surface area contributed by atoms with E-state index in [4.69, 9.17) is 0 Å². The monoisotopic (exact) mass is 401 g/mol. The third-order valence-corrected chi connectivity index (χ3v) is 4.79. The highest BCUT2D eigenvalue weighted by atomic mass is 19.1. The Labute approximate surface area is 171 Å². The Hall–Kier alpha value is -4.19. The van der Waals surface area contributed by atoms with Crippen molar-refractivity contribution in [2.45, 2.75) is 0 Å². The van der Waals surface area contributed by atoms with E-state index in [2.05, 4.69) is 5.32 Å². The number of fused-ring (bicyclic) bond motifs is 1. The fraction of sp³-hybridized carbons (Fsp3) is 0. The van der Waals surface area contributed by atoms with Crippen molar-refractivity contribution in [3.8, 4) is 16.9 Å². The van der Waals surface area contributed by atoms with Crippen LogP contribution in [0.4, 0.5) is 10.1 Å². The van der Waals surface area contributed by atoms with Crippen LogP contribution in [0.3, 0.4) is 0 Å². The van der Waals surface area contributed by atoms with Gasteiger partial charge in [-0.15, -0.1) is 0 Å². The Morgan fingerprint density at radius 2 is 1.53 bits per heavy atom. The number of hydrogen-bond donors (Lipinski definition) is 3. The summed E-state index contributed by atoms with van der Waals surface area (Å²) in [5.41, 5.74) is 1.55. The van der Waals surface area contributed by atoms with Crippen LogP contribution in [0.2, 0.25) is 0 Å². The fourth-order valence-electron chi connectivity index (χ4n) is 3.28. The number of nitrogens with one attached hydrogen (secondary N) is 1. The molecule has 148 valence electrons. The summed E-state index contributed by atoms with van der Waals surface area (Å²) in [6, 6.07) is 20.2. The molecule has 0 spiro atoms. The molecule has 0 saturated heterocycles. The summed E-state index contributed by atoms with van der Waals surface area (Å²) in [4.78, 5) is 24.5. The molecule has 0 aromatic heterocycles. The van der Waals surface area contributed by atoms with E-state index < -0.39 is 11.9 Å². The zero-order valence-electron chi connectivity index (χ0n) is 15.6. The topological polar surface area (TPSA) is 86.6 Å². The highest BCUT2D eigenvalue weighted by Crippen LogP contribution is 2.28. The molecule has 0 fully saturated rings. The van der Waals surface area contributed by atoms with Gasteiger partial charge in [-0.25, -0.2) is 9.18 Å². The minimum atomic E-state index is -1.23. The Balaban J connectivity index is 1.71. The number of halogens is 1. The Morgan fingerprint density at radius 1 is 0.800 bits per heavy atom. The number of phenols is 1. The van der Waals surface area contributed by atoms with Crippen LogP contribution in [0.15, 0.2) is 78.9 Å². The van der Waals surface area contributed by atoms with E-state index in [1.54, 1.807) is 54.6 Å². The minimum absolute atomic E-state index is 0.0136. The van der Waals surface area contributed by atoms with Crippen LogP contribution in [0.25, 0.3) is 21.9 Å². The van der Waals surface area contributed by atoms with E-state index in [1.165, 1.54) is 24.3 Å². The maximum Gasteiger partial charge on any atom is 0.336 e. The molecular weight excluding hydrogens is 385 g/mol. The summed E-state index contributed by atoms with van der Waals surface area (Å²) in [5.74, 6) is -2.07. The number of benzene rings is 4. The SMILES string of the molecule is O=C(O)c1ccc(-c2ccc(F)cc2)cc1C(=O)Nc1ccc2c(O)cccc2c1. The first-order valence-electron chi connectivity index (χ1n) is 9.09. The maximum absolute atomic E-state index is 13.2. The average molecular weight is 401 g/mol. The highest BCUT2D eigenvalue weighted by Gasteiger charge is 2.18. The molecule has 0 aliphatic rings. The molecule has 4 aromatic rings. The van der Waals surface area contributed by atoms with E-state index in [1.807, 2.05) is 0 Å². The van der Waals surface area contributed by atoms with E-state index in [-0.39, 0.29) is 22.7 Å². The molecule has 4 aromatic carbocycles. The molecule has 0 heterocycles. The van der Waals surface area contributed by atoms with Gasteiger partial charge in [-0.3, -0.25) is 4.79 Å². The van der Waals surface area contributed by atoms with Crippen LogP contribution in [0, 0.1) is 5.82 Å². The van der Waals surface area contributed by atoms with Gasteiger partial charge < -0.3 is 15.5 Å². The largest absolute Gasteiger partial charge is 0.507 e. The Morgan fingerprint density at radius 3 is 2.27 bits per heavy atom. The molecule has 0 bridgehead atoms. The molecule has 5 nitrogen and oxygen atoms in total. The van der Waals surface area contributed by atoms with Crippen LogP contribution in [-0.2, 0) is 0 Å². The van der Waals surface area contributed by atoms with Crippen LogP contribution in [-0.4, -0.2) is 22.1 Å². The lowest BCUT2D eigenvalue weighted by Crippen LogP contribution is -2.16. The molecule has 0 saturated carbocycles. The normalized spacial score (nSPS) is 10.7. The number of hydrogen-bond acceptors (Lipinski definition) is 3. The van der Waals surface area contributed by atoms with Crippen molar-refractivity contribution < 1.29 is 24.2 Å². The first-order chi connectivity index (χ1) is 14.4. The lowest BCUT2D eigenvalue weighted by Gasteiger charge is -2.11. The van der Waals surface area contributed by atoms with Crippen LogP contribution >= 0.6 is 0 Å². The number of anilines is 1. The van der Waals surface area contributed by atoms with Crippen molar-refractivity contribution >= 4 is 28.3 Å². The molecule has 0 atom stereocenters. The number of amides is 1. The zero-order chi connectivity index (χ0) is 21.3. The summed E-state index contributed by atoms with van der Waals surface area (Å²) >= 11 is 0. The molecule has 0 unspecified atom stereocenters. The summed E-state index contributed by atoms with van der Waals surface area (Å²) in [7, 11) is 0. The summed E-state index contributed by atoms with van der Waals surface area (Å²) in [6.45, 7) is 0. The van der Waals surface area contributed by atoms with Crippen molar-refractivity contribution in [1.82, 2.24) is 0 Å². The van der Waals surface area contributed by atoms with Crippen LogP contribution in [0.5, 0.6) is 5.75 Å². The molecule has 0 aliphatic heterocycles. The van der Waals surface area contributed by atoms with Gasteiger partial charge >= 0.3 is 5.97 Å². The number of phenolic OH excluding ortho intramolecular Hbond substituents is 1. The molecular formula is C24H16FNO4. The molecule has 3 N–H and O–H groups in total. The number of carboxylic acids is 1. The van der Waals surface area contributed by atoms with Crippen molar-refractivity contribution in [3.63, 3.8) is 0 Å². The van der Waals surface area contributed by atoms with Gasteiger partial charge in [-0.2, -0.15) is 0 Å². The van der Waals surface area contributed by atoms with Crippen molar-refractivity contribution in [1.29, 1.82) is 0 Å². The third kappa shape index (κ3) is 3.71. The summed E-state index contributed by atoms with van der Waals surface area (Å²) in [6.07, 6.45) is 0. The second kappa shape index (κ2) is 7.67. The Kier molecular flexibility index (Phi) is 4.90. The fourth-order valence-corrected chi connectivity index (χ4v) is 3.28. The number of aromatic hydroxyl groups is 1. The molecule has 30 heavy (non-hydrogen) atoms. The maximum atomic E-state index is 13.2. The predicted octanol–water partition coefficient (Wildman–Crippen LogP) is 5.30. The average Bonchev–Trinajstić information content (AvgIpc) is 2.74. The van der Waals surface area contributed by atoms with Gasteiger partial charge in [0, 0.05) is 11.1 Å². The minimum Gasteiger partial charge on any atom is -0.507 e. The molecule has 6 heteroatoms. The zero-order valence-corrected chi connectivity index (χ0v) is 15.6. The van der Waals surface area contributed by atoms with E-state index >= 15 is 0 Å². The van der Waals surface area contributed by atoms with Crippen molar-refractivity contribution in [2.24, 2.45) is 0 Å². The quantitative estimate of drug-likeness (QED) is 0.433. The second-order valence-corrected chi connectivity index (χ2v) is 6.74. The number of carbonyl (C=O) groups excluding carboxylic acids is 1. The van der Waals surface area contributed by atoms with Gasteiger partial charge in [-0.1, -0.05) is 30.3 Å². The first-order valence-corrected chi connectivity index (χ1v) is 9.09. The lowest BCUT2D eigenvalue weighted by molar-refractivity contribution is 0.0692. The first kappa shape index (κ1) is 19.1. The van der Waals surface area contributed by atoms with E-state index in [9.17, 15) is 24.2 Å².